The second-order valence-corrected chi connectivity index (χ2v) is 8.40. The van der Waals surface area contributed by atoms with Crippen LogP contribution in [-0.4, -0.2) is 22.7 Å². The highest BCUT2D eigenvalue weighted by atomic mass is 32.1. The molecular weight excluding hydrogens is 378 g/mol. The largest absolute Gasteiger partial charge is 0.489 e. The normalized spacial score (nSPS) is 13.3. The molecule has 146 valence electrons. The van der Waals surface area contributed by atoms with Crippen molar-refractivity contribution < 1.29 is 4.74 Å². The first-order valence-electron chi connectivity index (χ1n) is 9.82. The van der Waals surface area contributed by atoms with Gasteiger partial charge in [-0.05, 0) is 61.5 Å². The smallest absolute Gasteiger partial charge is 0.154 e. The maximum atomic E-state index is 6.19. The molecule has 0 unspecified atom stereocenters. The molecule has 0 saturated carbocycles. The van der Waals surface area contributed by atoms with E-state index in [-0.39, 0.29) is 0 Å². The van der Waals surface area contributed by atoms with Gasteiger partial charge in [-0.2, -0.15) is 0 Å². The highest BCUT2D eigenvalue weighted by Crippen LogP contribution is 2.44. The van der Waals surface area contributed by atoms with Gasteiger partial charge in [0.1, 0.15) is 12.4 Å². The van der Waals surface area contributed by atoms with Crippen LogP contribution in [0.4, 0.5) is 10.7 Å². The van der Waals surface area contributed by atoms with E-state index in [1.165, 1.54) is 27.4 Å². The van der Waals surface area contributed by atoms with Crippen LogP contribution in [0.25, 0.3) is 17.1 Å². The van der Waals surface area contributed by atoms with Crippen molar-refractivity contribution in [2.45, 2.75) is 20.8 Å². The van der Waals surface area contributed by atoms with Crippen molar-refractivity contribution >= 4 is 22.0 Å². The highest BCUT2D eigenvalue weighted by Gasteiger charge is 2.25. The van der Waals surface area contributed by atoms with E-state index in [0.29, 0.717) is 6.61 Å². The number of imidazole rings is 1. The van der Waals surface area contributed by atoms with Crippen molar-refractivity contribution in [2.24, 2.45) is 0 Å². The van der Waals surface area contributed by atoms with Crippen molar-refractivity contribution in [3.05, 3.63) is 76.9 Å². The zero-order valence-electron chi connectivity index (χ0n) is 16.8. The van der Waals surface area contributed by atoms with Crippen molar-refractivity contribution in [3.63, 3.8) is 0 Å². The maximum Gasteiger partial charge on any atom is 0.154 e. The first-order valence-corrected chi connectivity index (χ1v) is 10.7. The molecule has 0 bridgehead atoms. The van der Waals surface area contributed by atoms with Crippen LogP contribution in [0.3, 0.4) is 0 Å². The third-order valence-corrected chi connectivity index (χ3v) is 6.27. The Morgan fingerprint density at radius 3 is 2.62 bits per heavy atom. The SMILES string of the molecule is Cc1cc(C)c(-n2ccnc2-c2cccc3c2OCCN3c2cccs2)c(C)c1. The van der Waals surface area contributed by atoms with Crippen LogP contribution < -0.4 is 9.64 Å². The molecular formula is C24H23N3OS. The number of aromatic nitrogens is 2. The Hall–Kier alpha value is -3.05. The number of ether oxygens (including phenoxy) is 1. The van der Waals surface area contributed by atoms with Gasteiger partial charge < -0.3 is 9.64 Å². The Balaban J connectivity index is 1.67. The van der Waals surface area contributed by atoms with E-state index in [9.17, 15) is 0 Å². The molecule has 0 fully saturated rings. The van der Waals surface area contributed by atoms with Gasteiger partial charge in [-0.25, -0.2) is 4.98 Å². The van der Waals surface area contributed by atoms with Gasteiger partial charge in [0.05, 0.1) is 28.5 Å². The van der Waals surface area contributed by atoms with Gasteiger partial charge in [0.15, 0.2) is 5.75 Å². The molecule has 0 spiro atoms. The average molecular weight is 402 g/mol. The molecule has 29 heavy (non-hydrogen) atoms. The average Bonchev–Trinajstić information content (AvgIpc) is 3.39. The molecule has 0 saturated heterocycles. The van der Waals surface area contributed by atoms with E-state index in [1.54, 1.807) is 11.3 Å². The number of anilines is 2. The molecule has 0 radical (unpaired) electrons. The summed E-state index contributed by atoms with van der Waals surface area (Å²) in [6.45, 7) is 7.97. The van der Waals surface area contributed by atoms with Gasteiger partial charge in [-0.15, -0.1) is 11.3 Å². The van der Waals surface area contributed by atoms with Gasteiger partial charge >= 0.3 is 0 Å². The molecule has 4 nitrogen and oxygen atoms in total. The van der Waals surface area contributed by atoms with Gasteiger partial charge in [-0.1, -0.05) is 23.8 Å². The third kappa shape index (κ3) is 3.02. The minimum Gasteiger partial charge on any atom is -0.489 e. The Morgan fingerprint density at radius 2 is 1.86 bits per heavy atom. The molecule has 2 aromatic heterocycles. The number of rotatable bonds is 3. The maximum absolute atomic E-state index is 6.19. The van der Waals surface area contributed by atoms with Crippen molar-refractivity contribution in [3.8, 4) is 22.8 Å². The van der Waals surface area contributed by atoms with Gasteiger partial charge in [0, 0.05) is 12.4 Å². The van der Waals surface area contributed by atoms with E-state index in [2.05, 4.69) is 78.1 Å². The Labute approximate surface area is 175 Å². The number of fused-ring (bicyclic) bond motifs is 1. The second kappa shape index (κ2) is 7.08. The first kappa shape index (κ1) is 18.0. The quantitative estimate of drug-likeness (QED) is 0.418. The molecule has 5 rings (SSSR count). The molecule has 0 atom stereocenters. The summed E-state index contributed by atoms with van der Waals surface area (Å²) in [5.74, 6) is 1.81. The summed E-state index contributed by atoms with van der Waals surface area (Å²) in [4.78, 5) is 7.07. The first-order chi connectivity index (χ1) is 14.1. The molecule has 0 N–H and O–H groups in total. The lowest BCUT2D eigenvalue weighted by Crippen LogP contribution is -2.28. The fourth-order valence-corrected chi connectivity index (χ4v) is 5.08. The summed E-state index contributed by atoms with van der Waals surface area (Å²) in [6, 6.07) is 15.0. The fourth-order valence-electron chi connectivity index (χ4n) is 4.31. The number of para-hydroxylation sites is 1. The predicted octanol–water partition coefficient (Wildman–Crippen LogP) is 6.06. The van der Waals surface area contributed by atoms with E-state index in [4.69, 9.17) is 9.72 Å². The Kier molecular flexibility index (Phi) is 4.40. The summed E-state index contributed by atoms with van der Waals surface area (Å²) >= 11 is 1.75. The summed E-state index contributed by atoms with van der Waals surface area (Å²) in [5.41, 5.74) is 7.07. The van der Waals surface area contributed by atoms with E-state index in [1.807, 2.05) is 12.4 Å². The zero-order chi connectivity index (χ0) is 20.0. The molecule has 3 heterocycles. The van der Waals surface area contributed by atoms with Crippen molar-refractivity contribution in [1.29, 1.82) is 0 Å². The molecule has 2 aromatic carbocycles. The van der Waals surface area contributed by atoms with Gasteiger partial charge in [0.2, 0.25) is 0 Å². The summed E-state index contributed by atoms with van der Waals surface area (Å²) in [5, 5.41) is 3.35. The molecule has 1 aliphatic heterocycles. The van der Waals surface area contributed by atoms with Crippen LogP contribution in [0.2, 0.25) is 0 Å². The van der Waals surface area contributed by atoms with Crippen LogP contribution in [0.5, 0.6) is 5.75 Å². The third-order valence-electron chi connectivity index (χ3n) is 5.38. The van der Waals surface area contributed by atoms with E-state index < -0.39 is 0 Å². The molecule has 5 heteroatoms. The number of thiophene rings is 1. The van der Waals surface area contributed by atoms with E-state index >= 15 is 0 Å². The van der Waals surface area contributed by atoms with Crippen LogP contribution in [-0.2, 0) is 0 Å². The highest BCUT2D eigenvalue weighted by molar-refractivity contribution is 7.14. The number of hydrogen-bond donors (Lipinski definition) is 0. The molecule has 0 aliphatic carbocycles. The number of nitrogens with zero attached hydrogens (tertiary/aromatic N) is 3. The van der Waals surface area contributed by atoms with Crippen LogP contribution in [0.1, 0.15) is 16.7 Å². The topological polar surface area (TPSA) is 30.3 Å². The van der Waals surface area contributed by atoms with E-state index in [0.717, 1.165) is 29.4 Å². The molecule has 4 aromatic rings. The lowest BCUT2D eigenvalue weighted by Gasteiger charge is -2.31. The number of benzene rings is 2. The van der Waals surface area contributed by atoms with Crippen LogP contribution in [0, 0.1) is 20.8 Å². The Bertz CT molecular complexity index is 1150. The minimum absolute atomic E-state index is 0.658. The number of aryl methyl sites for hydroxylation is 3. The van der Waals surface area contributed by atoms with Crippen molar-refractivity contribution in [2.75, 3.05) is 18.1 Å². The molecule has 1 aliphatic rings. The number of hydrogen-bond acceptors (Lipinski definition) is 4. The fraction of sp³-hybridized carbons (Fsp3) is 0.208. The van der Waals surface area contributed by atoms with Gasteiger partial charge in [-0.3, -0.25) is 4.57 Å². The Morgan fingerprint density at radius 1 is 1.03 bits per heavy atom. The summed E-state index contributed by atoms with van der Waals surface area (Å²) in [6.07, 6.45) is 3.91. The standard InChI is InChI=1S/C24H23N3OS/c1-16-14-17(2)22(18(3)15-16)27-10-9-25-24(27)19-6-4-7-20-23(19)28-12-11-26(20)21-8-5-13-29-21/h4-10,13-15H,11-12H2,1-3H3. The molecule has 0 amide bonds. The predicted molar refractivity (Wildman–Crippen MR) is 120 cm³/mol. The minimum atomic E-state index is 0.658. The monoisotopic (exact) mass is 401 g/mol. The summed E-state index contributed by atoms with van der Waals surface area (Å²) < 4.78 is 8.37. The van der Waals surface area contributed by atoms with Crippen LogP contribution in [0.15, 0.2) is 60.2 Å². The van der Waals surface area contributed by atoms with Crippen LogP contribution >= 0.6 is 11.3 Å². The zero-order valence-corrected chi connectivity index (χ0v) is 17.7. The lowest BCUT2D eigenvalue weighted by molar-refractivity contribution is 0.315. The van der Waals surface area contributed by atoms with Crippen molar-refractivity contribution in [1.82, 2.24) is 9.55 Å². The summed E-state index contributed by atoms with van der Waals surface area (Å²) in [7, 11) is 0. The van der Waals surface area contributed by atoms with Gasteiger partial charge in [0.25, 0.3) is 0 Å². The lowest BCUT2D eigenvalue weighted by atomic mass is 10.0. The second-order valence-electron chi connectivity index (χ2n) is 7.47.